The fourth-order valence-electron chi connectivity index (χ4n) is 7.08. The van der Waals surface area contributed by atoms with Crippen molar-refractivity contribution in [3.8, 4) is 0 Å². The van der Waals surface area contributed by atoms with Gasteiger partial charge in [-0.15, -0.1) is 0 Å². The highest BCUT2D eigenvalue weighted by molar-refractivity contribution is 5.03. The van der Waals surface area contributed by atoms with E-state index in [4.69, 9.17) is 0 Å². The molecule has 5 aliphatic rings. The maximum absolute atomic E-state index is 4.01. The summed E-state index contributed by atoms with van der Waals surface area (Å²) < 4.78 is 0. The second-order valence-corrected chi connectivity index (χ2v) is 8.84. The molecule has 0 saturated heterocycles. The van der Waals surface area contributed by atoms with Gasteiger partial charge in [-0.2, -0.15) is 0 Å². The summed E-state index contributed by atoms with van der Waals surface area (Å²) in [6.07, 6.45) is 17.0. The number of hydrogen-bond acceptors (Lipinski definition) is 1. The normalized spacial score (nSPS) is 44.7. The first kappa shape index (κ1) is 14.5. The smallest absolute Gasteiger partial charge is 0.0129 e. The van der Waals surface area contributed by atoms with Gasteiger partial charge >= 0.3 is 0 Å². The van der Waals surface area contributed by atoms with Crippen LogP contribution in [0.2, 0.25) is 0 Å². The predicted octanol–water partition coefficient (Wildman–Crippen LogP) is 5.01. The van der Waals surface area contributed by atoms with E-state index in [-0.39, 0.29) is 0 Å². The second-order valence-electron chi connectivity index (χ2n) is 8.84. The molecule has 120 valence electrons. The molecule has 0 radical (unpaired) electrons. The van der Waals surface area contributed by atoms with E-state index in [0.29, 0.717) is 0 Å². The molecule has 0 aromatic rings. The molecule has 5 saturated carbocycles. The highest BCUT2D eigenvalue weighted by atomic mass is 14.9. The molecule has 0 aliphatic heterocycles. The van der Waals surface area contributed by atoms with Gasteiger partial charge in [-0.05, 0) is 87.0 Å². The molecule has 0 aromatic heterocycles. The summed E-state index contributed by atoms with van der Waals surface area (Å²) in [4.78, 5) is 0. The topological polar surface area (TPSA) is 12.0 Å². The van der Waals surface area contributed by atoms with Crippen LogP contribution in [0.5, 0.6) is 0 Å². The van der Waals surface area contributed by atoms with Gasteiger partial charge in [-0.25, -0.2) is 0 Å². The molecule has 4 bridgehead atoms. The maximum atomic E-state index is 4.01. The van der Waals surface area contributed by atoms with E-state index in [1.165, 1.54) is 45.1 Å². The maximum Gasteiger partial charge on any atom is 0.0129 e. The molecule has 0 amide bonds. The van der Waals surface area contributed by atoms with Gasteiger partial charge in [-0.1, -0.05) is 32.6 Å². The standard InChI is InChI=1S/C20H35N/c1-2-21-20(16-7-5-3-4-6-8-16)19-17-10-14-9-15(12-17)13-18(19)11-14/h14-21H,2-13H2,1H3. The Morgan fingerprint density at radius 2 is 1.38 bits per heavy atom. The molecule has 1 unspecified atom stereocenters. The molecule has 0 aromatic carbocycles. The molecular formula is C20H35N. The Bertz CT molecular complexity index is 314. The Balaban J connectivity index is 1.52. The summed E-state index contributed by atoms with van der Waals surface area (Å²) in [5.41, 5.74) is 0. The van der Waals surface area contributed by atoms with Gasteiger partial charge in [0.1, 0.15) is 0 Å². The van der Waals surface area contributed by atoms with Crippen molar-refractivity contribution in [3.05, 3.63) is 0 Å². The lowest BCUT2D eigenvalue weighted by Crippen LogP contribution is -2.55. The van der Waals surface area contributed by atoms with Crippen molar-refractivity contribution in [1.29, 1.82) is 0 Å². The van der Waals surface area contributed by atoms with Crippen LogP contribution in [0.15, 0.2) is 0 Å². The van der Waals surface area contributed by atoms with E-state index in [9.17, 15) is 0 Å². The van der Waals surface area contributed by atoms with Crippen molar-refractivity contribution in [3.63, 3.8) is 0 Å². The van der Waals surface area contributed by atoms with Crippen LogP contribution >= 0.6 is 0 Å². The third kappa shape index (κ3) is 2.80. The molecular weight excluding hydrogens is 254 g/mol. The van der Waals surface area contributed by atoms with Crippen LogP contribution < -0.4 is 5.32 Å². The molecule has 1 N–H and O–H groups in total. The molecule has 5 fully saturated rings. The lowest BCUT2D eigenvalue weighted by atomic mass is 9.49. The third-order valence-electron chi connectivity index (χ3n) is 7.56. The van der Waals surface area contributed by atoms with E-state index in [1.807, 2.05) is 0 Å². The highest BCUT2D eigenvalue weighted by Crippen LogP contribution is 2.58. The van der Waals surface area contributed by atoms with Crippen LogP contribution in [0.1, 0.15) is 77.6 Å². The highest BCUT2D eigenvalue weighted by Gasteiger charge is 2.51. The van der Waals surface area contributed by atoms with Gasteiger partial charge in [0, 0.05) is 6.04 Å². The molecule has 21 heavy (non-hydrogen) atoms. The van der Waals surface area contributed by atoms with Gasteiger partial charge < -0.3 is 5.32 Å². The Morgan fingerprint density at radius 1 is 0.810 bits per heavy atom. The minimum atomic E-state index is 0.864. The fraction of sp³-hybridized carbons (Fsp3) is 1.00. The fourth-order valence-corrected chi connectivity index (χ4v) is 7.08. The molecule has 1 heteroatoms. The largest absolute Gasteiger partial charge is 0.314 e. The molecule has 0 heterocycles. The Labute approximate surface area is 131 Å². The van der Waals surface area contributed by atoms with Crippen LogP contribution in [-0.2, 0) is 0 Å². The van der Waals surface area contributed by atoms with Gasteiger partial charge in [-0.3, -0.25) is 0 Å². The van der Waals surface area contributed by atoms with Crippen molar-refractivity contribution in [2.45, 2.75) is 83.6 Å². The second kappa shape index (κ2) is 6.22. The van der Waals surface area contributed by atoms with E-state index >= 15 is 0 Å². The third-order valence-corrected chi connectivity index (χ3v) is 7.56. The quantitative estimate of drug-likeness (QED) is 0.718. The van der Waals surface area contributed by atoms with Gasteiger partial charge in [0.05, 0.1) is 0 Å². The van der Waals surface area contributed by atoms with Gasteiger partial charge in [0.2, 0.25) is 0 Å². The molecule has 5 rings (SSSR count). The van der Waals surface area contributed by atoms with Gasteiger partial charge in [0.25, 0.3) is 0 Å². The lowest BCUT2D eigenvalue weighted by Gasteiger charge is -2.57. The summed E-state index contributed by atoms with van der Waals surface area (Å²) in [7, 11) is 0. The average Bonchev–Trinajstić information content (AvgIpc) is 2.74. The van der Waals surface area contributed by atoms with Crippen LogP contribution in [0, 0.1) is 35.5 Å². The zero-order chi connectivity index (χ0) is 14.2. The Hall–Kier alpha value is -0.0400. The van der Waals surface area contributed by atoms with E-state index < -0.39 is 0 Å². The monoisotopic (exact) mass is 289 g/mol. The molecule has 1 atom stereocenters. The van der Waals surface area contributed by atoms with Crippen LogP contribution in [0.3, 0.4) is 0 Å². The first-order chi connectivity index (χ1) is 10.3. The summed E-state index contributed by atoms with van der Waals surface area (Å²) in [5.74, 6) is 6.47. The van der Waals surface area contributed by atoms with Crippen molar-refractivity contribution < 1.29 is 0 Å². The lowest BCUT2D eigenvalue weighted by molar-refractivity contribution is -0.0614. The van der Waals surface area contributed by atoms with Crippen molar-refractivity contribution in [2.75, 3.05) is 6.54 Å². The summed E-state index contributed by atoms with van der Waals surface area (Å²) in [6.45, 7) is 3.52. The first-order valence-corrected chi connectivity index (χ1v) is 10.1. The minimum Gasteiger partial charge on any atom is -0.314 e. The van der Waals surface area contributed by atoms with Crippen molar-refractivity contribution in [2.24, 2.45) is 35.5 Å². The SMILES string of the molecule is CCNC(C1CCCCCC1)C1C2CC3CC(C2)CC1C3. The summed E-state index contributed by atoms with van der Waals surface area (Å²) in [6, 6.07) is 0.864. The minimum absolute atomic E-state index is 0.864. The van der Waals surface area contributed by atoms with Crippen molar-refractivity contribution in [1.82, 2.24) is 5.32 Å². The zero-order valence-corrected chi connectivity index (χ0v) is 14.0. The van der Waals surface area contributed by atoms with Gasteiger partial charge in [0.15, 0.2) is 0 Å². The number of hydrogen-bond donors (Lipinski definition) is 1. The van der Waals surface area contributed by atoms with Crippen LogP contribution in [0.25, 0.3) is 0 Å². The first-order valence-electron chi connectivity index (χ1n) is 10.1. The van der Waals surface area contributed by atoms with E-state index in [1.54, 1.807) is 32.1 Å². The Kier molecular flexibility index (Phi) is 4.31. The number of rotatable bonds is 4. The van der Waals surface area contributed by atoms with Crippen LogP contribution in [-0.4, -0.2) is 12.6 Å². The summed E-state index contributed by atoms with van der Waals surface area (Å²) in [5, 5.41) is 4.01. The van der Waals surface area contributed by atoms with Crippen LogP contribution in [0.4, 0.5) is 0 Å². The average molecular weight is 290 g/mol. The van der Waals surface area contributed by atoms with Crippen molar-refractivity contribution >= 4 is 0 Å². The summed E-state index contributed by atoms with van der Waals surface area (Å²) >= 11 is 0. The zero-order valence-electron chi connectivity index (χ0n) is 14.0. The van der Waals surface area contributed by atoms with E-state index in [0.717, 1.165) is 41.5 Å². The molecule has 1 nitrogen and oxygen atoms in total. The number of nitrogens with one attached hydrogen (secondary N) is 1. The van der Waals surface area contributed by atoms with E-state index in [2.05, 4.69) is 12.2 Å². The molecule has 5 aliphatic carbocycles. The predicted molar refractivity (Wildman–Crippen MR) is 89.2 cm³/mol. The molecule has 0 spiro atoms. The Morgan fingerprint density at radius 3 is 1.90 bits per heavy atom.